The number of sulfonamides is 1. The number of benzene rings is 1. The van der Waals surface area contributed by atoms with Crippen LogP contribution in [0.3, 0.4) is 0 Å². The highest BCUT2D eigenvalue weighted by Gasteiger charge is 2.15. The second-order valence-electron chi connectivity index (χ2n) is 2.26. The zero-order chi connectivity index (χ0) is 7.35. The molecule has 0 saturated carbocycles. The zero-order valence-corrected chi connectivity index (χ0v) is 5.85. The maximum atomic E-state index is 10.6. The molecule has 0 heterocycles. The van der Waals surface area contributed by atoms with Crippen LogP contribution in [0.4, 0.5) is 0 Å². The lowest BCUT2D eigenvalue weighted by Crippen LogP contribution is -2.15. The second kappa shape index (κ2) is 1.41. The van der Waals surface area contributed by atoms with Crippen LogP contribution in [0.15, 0.2) is 23.1 Å². The lowest BCUT2D eigenvalue weighted by Gasteiger charge is -2.07. The van der Waals surface area contributed by atoms with Crippen LogP contribution >= 0.6 is 0 Å². The van der Waals surface area contributed by atoms with Gasteiger partial charge in [-0.2, -0.15) is 0 Å². The first-order valence-corrected chi connectivity index (χ1v) is 4.31. The molecular weight excluding hydrogens is 150 g/mol. The second-order valence-corrected chi connectivity index (χ2v) is 3.79. The summed E-state index contributed by atoms with van der Waals surface area (Å²) in [5, 5.41) is 6.63. The molecule has 0 fully saturated rings. The Hall–Kier alpha value is -0.870. The van der Waals surface area contributed by atoms with E-state index < -0.39 is 10.0 Å². The number of rotatable bonds is 1. The van der Waals surface area contributed by atoms with Crippen molar-refractivity contribution in [2.24, 2.45) is 5.14 Å². The van der Waals surface area contributed by atoms with Gasteiger partial charge in [-0.15, -0.1) is 0 Å². The first-order chi connectivity index (χ1) is 4.59. The molecule has 2 rings (SSSR count). The first-order valence-electron chi connectivity index (χ1n) is 2.76. The molecule has 2 N–H and O–H groups in total. The summed E-state index contributed by atoms with van der Waals surface area (Å²) >= 11 is 0. The van der Waals surface area contributed by atoms with Gasteiger partial charge in [0, 0.05) is 5.22 Å². The van der Waals surface area contributed by atoms with E-state index in [9.17, 15) is 8.42 Å². The Kier molecular flexibility index (Phi) is 0.828. The Morgan fingerprint density at radius 1 is 1.30 bits per heavy atom. The standard InChI is InChI=1S/C6H5NO2S/c7-10(8,9)6-3-4-1-2-5(4)6/h1-3H,(H2,7,8,9). The van der Waals surface area contributed by atoms with Crippen molar-refractivity contribution in [2.75, 3.05) is 0 Å². The number of hydrogen-bond donors (Lipinski definition) is 1. The molecule has 0 aromatic heterocycles. The smallest absolute Gasteiger partial charge is 0.225 e. The van der Waals surface area contributed by atoms with Gasteiger partial charge in [0.15, 0.2) is 0 Å². The Bertz CT molecular complexity index is 475. The van der Waals surface area contributed by atoms with Crippen molar-refractivity contribution in [3.05, 3.63) is 28.6 Å². The summed E-state index contributed by atoms with van der Waals surface area (Å²) in [5.74, 6) is 0. The van der Waals surface area contributed by atoms with Crippen LogP contribution in [0, 0.1) is 10.4 Å². The Labute approximate surface area is 57.8 Å². The van der Waals surface area contributed by atoms with Gasteiger partial charge in [-0.05, 0) is 11.3 Å². The van der Waals surface area contributed by atoms with E-state index in [4.69, 9.17) is 5.14 Å². The molecule has 0 aromatic rings. The highest BCUT2D eigenvalue weighted by atomic mass is 32.2. The zero-order valence-electron chi connectivity index (χ0n) is 5.03. The average Bonchev–Trinajstić information content (AvgIpc) is 1.74. The summed E-state index contributed by atoms with van der Waals surface area (Å²) in [6, 6.07) is 5.17. The van der Waals surface area contributed by atoms with E-state index in [2.05, 4.69) is 0 Å². The van der Waals surface area contributed by atoms with E-state index in [1.807, 2.05) is 6.07 Å². The van der Waals surface area contributed by atoms with E-state index in [-0.39, 0.29) is 4.90 Å². The predicted molar refractivity (Wildman–Crippen MR) is 35.5 cm³/mol. The van der Waals surface area contributed by atoms with Gasteiger partial charge in [-0.25, -0.2) is 13.6 Å². The van der Waals surface area contributed by atoms with Crippen molar-refractivity contribution in [2.45, 2.75) is 4.90 Å². The highest BCUT2D eigenvalue weighted by molar-refractivity contribution is 7.89. The molecule has 0 amide bonds. The van der Waals surface area contributed by atoms with Crippen LogP contribution in [0.2, 0.25) is 0 Å². The quantitative estimate of drug-likeness (QED) is 0.626. The largest absolute Gasteiger partial charge is 0.238 e. The van der Waals surface area contributed by atoms with Crippen LogP contribution in [-0.2, 0) is 10.0 Å². The molecule has 4 heteroatoms. The number of nitrogens with two attached hydrogens (primary N) is 1. The fourth-order valence-electron chi connectivity index (χ4n) is 0.990. The topological polar surface area (TPSA) is 60.2 Å². The van der Waals surface area contributed by atoms with Crippen molar-refractivity contribution in [1.82, 2.24) is 0 Å². The summed E-state index contributed by atoms with van der Waals surface area (Å²) in [4.78, 5) is 0.269. The number of hydrogen-bond acceptors (Lipinski definition) is 2. The van der Waals surface area contributed by atoms with Gasteiger partial charge in [0.05, 0.1) is 4.90 Å². The maximum Gasteiger partial charge on any atom is 0.238 e. The SMILES string of the molecule is NS(=O)(=O)c1cc2ccc1=2. The molecule has 3 nitrogen and oxygen atoms in total. The number of primary sulfonamides is 1. The van der Waals surface area contributed by atoms with Gasteiger partial charge < -0.3 is 0 Å². The minimum Gasteiger partial charge on any atom is -0.225 e. The summed E-state index contributed by atoms with van der Waals surface area (Å²) < 4.78 is 21.3. The molecule has 52 valence electrons. The molecule has 0 bridgehead atoms. The van der Waals surface area contributed by atoms with E-state index in [1.165, 1.54) is 0 Å². The minimum atomic E-state index is -3.44. The van der Waals surface area contributed by atoms with Gasteiger partial charge in [-0.3, -0.25) is 0 Å². The van der Waals surface area contributed by atoms with Gasteiger partial charge in [0.25, 0.3) is 0 Å². The van der Waals surface area contributed by atoms with Gasteiger partial charge >= 0.3 is 0 Å². The lowest BCUT2D eigenvalue weighted by atomic mass is 10.1. The normalized spacial score (nSPS) is 13.3. The summed E-state index contributed by atoms with van der Waals surface area (Å²) in [7, 11) is -3.44. The molecule has 0 spiro atoms. The van der Waals surface area contributed by atoms with Crippen LogP contribution < -0.4 is 5.14 Å². The third kappa shape index (κ3) is 0.547. The van der Waals surface area contributed by atoms with E-state index in [0.717, 1.165) is 10.4 Å². The molecule has 0 unspecified atom stereocenters. The lowest BCUT2D eigenvalue weighted by molar-refractivity contribution is 0.596. The van der Waals surface area contributed by atoms with Gasteiger partial charge in [0.2, 0.25) is 10.0 Å². The average molecular weight is 155 g/mol. The van der Waals surface area contributed by atoms with Crippen molar-refractivity contribution in [1.29, 1.82) is 0 Å². The Morgan fingerprint density at radius 3 is 2.10 bits per heavy atom. The molecule has 0 atom stereocenters. The monoisotopic (exact) mass is 155 g/mol. The van der Waals surface area contributed by atoms with Crippen LogP contribution in [0.1, 0.15) is 0 Å². The van der Waals surface area contributed by atoms with Crippen molar-refractivity contribution < 1.29 is 8.42 Å². The van der Waals surface area contributed by atoms with E-state index in [1.54, 1.807) is 12.1 Å². The molecule has 0 saturated heterocycles. The van der Waals surface area contributed by atoms with Gasteiger partial charge in [0.1, 0.15) is 0 Å². The first kappa shape index (κ1) is 5.88. The molecule has 2 aliphatic rings. The summed E-state index contributed by atoms with van der Waals surface area (Å²) in [6.07, 6.45) is 0. The third-order valence-corrected chi connectivity index (χ3v) is 2.55. The van der Waals surface area contributed by atoms with Crippen molar-refractivity contribution in [3.8, 4) is 0 Å². The Morgan fingerprint density at radius 2 is 2.00 bits per heavy atom. The molecule has 0 aromatic carbocycles. The Balaban J connectivity index is 2.75. The highest BCUT2D eigenvalue weighted by Crippen LogP contribution is 2.19. The minimum absolute atomic E-state index is 0.269. The van der Waals surface area contributed by atoms with Crippen LogP contribution in [0.25, 0.3) is 0 Å². The summed E-state index contributed by atoms with van der Waals surface area (Å²) in [6.45, 7) is 0. The van der Waals surface area contributed by atoms with E-state index in [0.29, 0.717) is 0 Å². The predicted octanol–water partition coefficient (Wildman–Crippen LogP) is -0.0656. The molecule has 0 aliphatic heterocycles. The van der Waals surface area contributed by atoms with E-state index >= 15 is 0 Å². The third-order valence-electron chi connectivity index (χ3n) is 1.60. The molecular formula is C6H5NO2S. The maximum absolute atomic E-state index is 10.6. The van der Waals surface area contributed by atoms with Crippen LogP contribution in [-0.4, -0.2) is 8.42 Å². The fourth-order valence-corrected chi connectivity index (χ4v) is 1.77. The summed E-state index contributed by atoms with van der Waals surface area (Å²) in [5.41, 5.74) is 0. The van der Waals surface area contributed by atoms with Crippen LogP contribution in [0.5, 0.6) is 0 Å². The van der Waals surface area contributed by atoms with Crippen molar-refractivity contribution >= 4 is 10.0 Å². The van der Waals surface area contributed by atoms with Gasteiger partial charge in [-0.1, -0.05) is 12.1 Å². The molecule has 0 radical (unpaired) electrons. The fraction of sp³-hybridized carbons (Fsp3) is 0. The molecule has 2 aliphatic carbocycles. The van der Waals surface area contributed by atoms with Crippen molar-refractivity contribution in [3.63, 3.8) is 0 Å². The molecule has 10 heavy (non-hydrogen) atoms.